The van der Waals surface area contributed by atoms with E-state index in [1.165, 1.54) is 4.95 Å². The standard InChI is InChI=1S/C11H16N7O15P3/c1-10(15-22)7(20)11(4-13-16-12,31-8(10)18-3-2-6(19)14-9(18)21)5-30-35(26,27)33-36(28,29)32-34(24,25)17-23/h2-3,7-8,20H,4-5H2,1H3,(H,24,25)(H,26,27)(H,28,29)(H,14,19,21)/t7-,8+,10+,11+/m0/s1. The lowest BCUT2D eigenvalue weighted by molar-refractivity contribution is -0.120. The average Bonchev–Trinajstić information content (AvgIpc) is 2.98. The van der Waals surface area contributed by atoms with Gasteiger partial charge in [0.15, 0.2) is 11.8 Å². The lowest BCUT2D eigenvalue weighted by Gasteiger charge is -2.31. The molecule has 22 nitrogen and oxygen atoms in total. The van der Waals surface area contributed by atoms with E-state index in [4.69, 9.17) is 15.2 Å². The number of hydrogen-bond acceptors (Lipinski definition) is 14. The summed E-state index contributed by atoms with van der Waals surface area (Å²) in [6.45, 7) is -1.36. The van der Waals surface area contributed by atoms with E-state index < -0.39 is 71.3 Å². The summed E-state index contributed by atoms with van der Waals surface area (Å²) in [5, 5.41) is 16.7. The van der Waals surface area contributed by atoms with Gasteiger partial charge in [0, 0.05) is 22.1 Å². The second kappa shape index (κ2) is 10.5. The molecule has 1 aromatic rings. The van der Waals surface area contributed by atoms with Gasteiger partial charge in [0.05, 0.1) is 13.2 Å². The lowest BCUT2D eigenvalue weighted by atomic mass is 9.85. The topological polar surface area (TPSA) is 332 Å². The number of nitroso groups, excluding NO2 is 2. The Morgan fingerprint density at radius 3 is 2.39 bits per heavy atom. The average molecular weight is 579 g/mol. The smallest absolute Gasteiger partial charge is 0.387 e. The highest BCUT2D eigenvalue weighted by Gasteiger charge is 2.64. The van der Waals surface area contributed by atoms with Gasteiger partial charge in [-0.2, -0.15) is 8.62 Å². The second-order valence-corrected chi connectivity index (χ2v) is 11.7. The van der Waals surface area contributed by atoms with Crippen molar-refractivity contribution in [1.29, 1.82) is 0 Å². The molecule has 25 heteroatoms. The van der Waals surface area contributed by atoms with Crippen LogP contribution in [-0.4, -0.2) is 59.7 Å². The fraction of sp³-hybridized carbons (Fsp3) is 0.636. The third-order valence-corrected chi connectivity index (χ3v) is 8.58. The van der Waals surface area contributed by atoms with Gasteiger partial charge in [-0.15, -0.1) is 9.81 Å². The molecular formula is C11H16N7O15P3. The number of phosphoric ester groups is 1. The number of nitrogens with one attached hydrogen (secondary N) is 1. The van der Waals surface area contributed by atoms with E-state index >= 15 is 0 Å². The third kappa shape index (κ3) is 6.46. The highest BCUT2D eigenvalue weighted by Crippen LogP contribution is 2.68. The fourth-order valence-corrected chi connectivity index (χ4v) is 6.26. The van der Waals surface area contributed by atoms with Crippen LogP contribution in [0.25, 0.3) is 10.4 Å². The number of phosphoric acid groups is 2. The highest BCUT2D eigenvalue weighted by atomic mass is 31.3. The summed E-state index contributed by atoms with van der Waals surface area (Å²) in [5.41, 5.74) is 1.94. The largest absolute Gasteiger partial charge is 0.496 e. The van der Waals surface area contributed by atoms with Crippen molar-refractivity contribution in [2.24, 2.45) is 15.2 Å². The molecule has 0 aliphatic carbocycles. The predicted octanol–water partition coefficient (Wildman–Crippen LogP) is 0.118. The Bertz CT molecular complexity index is 1340. The van der Waals surface area contributed by atoms with Gasteiger partial charge in [-0.05, 0) is 12.5 Å². The Morgan fingerprint density at radius 2 is 1.86 bits per heavy atom. The molecule has 0 aromatic carbocycles. The van der Waals surface area contributed by atoms with Crippen LogP contribution >= 0.6 is 23.4 Å². The first-order valence-corrected chi connectivity index (χ1v) is 13.4. The van der Waals surface area contributed by atoms with Crippen LogP contribution in [-0.2, 0) is 31.6 Å². The third-order valence-electron chi connectivity index (χ3n) is 4.59. The van der Waals surface area contributed by atoms with E-state index in [2.05, 4.69) is 28.3 Å². The molecule has 1 aromatic heterocycles. The number of rotatable bonds is 12. The highest BCUT2D eigenvalue weighted by molar-refractivity contribution is 7.67. The summed E-state index contributed by atoms with van der Waals surface area (Å²) >= 11 is 0. The minimum atomic E-state index is -5.95. The van der Waals surface area contributed by atoms with Crippen molar-refractivity contribution < 1.29 is 51.4 Å². The van der Waals surface area contributed by atoms with E-state index in [0.29, 0.717) is 4.57 Å². The fourth-order valence-electron chi connectivity index (χ4n) is 3.06. The number of ether oxygens (including phenoxy) is 1. The van der Waals surface area contributed by atoms with Crippen molar-refractivity contribution >= 4 is 23.4 Å². The second-order valence-electron chi connectivity index (χ2n) is 7.11. The molecule has 0 saturated carbocycles. The van der Waals surface area contributed by atoms with E-state index in [-0.39, 0.29) is 0 Å². The zero-order chi connectivity index (χ0) is 27.6. The van der Waals surface area contributed by atoms with Crippen LogP contribution < -0.4 is 11.2 Å². The van der Waals surface area contributed by atoms with E-state index in [1.807, 2.05) is 4.98 Å². The zero-order valence-electron chi connectivity index (χ0n) is 17.5. The monoisotopic (exact) mass is 579 g/mol. The number of aromatic nitrogens is 2. The summed E-state index contributed by atoms with van der Waals surface area (Å²) in [4.78, 5) is 79.1. The number of aliphatic hydroxyl groups is 1. The predicted molar refractivity (Wildman–Crippen MR) is 112 cm³/mol. The summed E-state index contributed by atoms with van der Waals surface area (Å²) in [6, 6.07) is 0.842. The van der Waals surface area contributed by atoms with Gasteiger partial charge in [0.25, 0.3) is 5.56 Å². The Morgan fingerprint density at radius 1 is 1.22 bits per heavy atom. The summed E-state index contributed by atoms with van der Waals surface area (Å²) < 4.78 is 52.7. The Hall–Kier alpha value is -2.44. The van der Waals surface area contributed by atoms with Crippen LogP contribution in [0.15, 0.2) is 37.1 Å². The van der Waals surface area contributed by atoms with Crippen LogP contribution in [0.5, 0.6) is 0 Å². The number of H-pyrrole nitrogens is 1. The van der Waals surface area contributed by atoms with Gasteiger partial charge >= 0.3 is 29.1 Å². The molecule has 0 spiro atoms. The number of aromatic amines is 1. The molecule has 0 amide bonds. The Labute approximate surface area is 197 Å². The minimum Gasteiger partial charge on any atom is -0.387 e. The molecule has 36 heavy (non-hydrogen) atoms. The SMILES string of the molecule is C[C@@]1(N=O)[C@H](O)[C@@](CN=[N+]=[N-])(COP(=O)(O)OP(=O)(O)OP(=O)(O)N=O)O[C@H]1n1ccc(=O)[nH]c1=O. The Balaban J connectivity index is 2.43. The molecule has 2 rings (SSSR count). The molecule has 5 N–H and O–H groups in total. The van der Waals surface area contributed by atoms with E-state index in [0.717, 1.165) is 19.2 Å². The van der Waals surface area contributed by atoms with Gasteiger partial charge in [-0.3, -0.25) is 18.9 Å². The molecule has 0 bridgehead atoms. The molecule has 1 aliphatic rings. The zero-order valence-corrected chi connectivity index (χ0v) is 20.2. The number of aliphatic hydroxyl groups excluding tert-OH is 1. The quantitative estimate of drug-likeness (QED) is 0.0721. The van der Waals surface area contributed by atoms with E-state index in [1.54, 1.807) is 0 Å². The number of azide groups is 1. The van der Waals surface area contributed by atoms with Crippen LogP contribution in [0.1, 0.15) is 13.2 Å². The van der Waals surface area contributed by atoms with Crippen molar-refractivity contribution in [3.8, 4) is 0 Å². The lowest BCUT2D eigenvalue weighted by Crippen LogP contribution is -2.52. The van der Waals surface area contributed by atoms with Crippen molar-refractivity contribution in [3.05, 3.63) is 53.4 Å². The molecule has 1 saturated heterocycles. The molecule has 2 heterocycles. The Kier molecular flexibility index (Phi) is 8.69. The molecule has 1 aliphatic heterocycles. The molecule has 200 valence electrons. The van der Waals surface area contributed by atoms with Gasteiger partial charge in [-0.25, -0.2) is 18.5 Å². The maximum Gasteiger partial charge on any atom is 0.496 e. The first kappa shape index (κ1) is 29.8. The van der Waals surface area contributed by atoms with Gasteiger partial charge < -0.3 is 24.5 Å². The first-order chi connectivity index (χ1) is 16.5. The summed E-state index contributed by atoms with van der Waals surface area (Å²) in [7, 11) is -17.4. The molecule has 1 fully saturated rings. The number of nitrogens with zero attached hydrogens (tertiary/aromatic N) is 6. The van der Waals surface area contributed by atoms with Crippen molar-refractivity contribution in [2.75, 3.05) is 13.2 Å². The maximum atomic E-state index is 12.2. The van der Waals surface area contributed by atoms with Crippen LogP contribution in [0.3, 0.4) is 0 Å². The maximum absolute atomic E-state index is 12.2. The first-order valence-electron chi connectivity index (χ1n) is 8.90. The van der Waals surface area contributed by atoms with Crippen molar-refractivity contribution in [2.45, 2.75) is 30.4 Å². The van der Waals surface area contributed by atoms with Crippen LogP contribution in [0.4, 0.5) is 0 Å². The van der Waals surface area contributed by atoms with Crippen molar-refractivity contribution in [1.82, 2.24) is 9.55 Å². The van der Waals surface area contributed by atoms with E-state index in [9.17, 15) is 48.0 Å². The van der Waals surface area contributed by atoms with Gasteiger partial charge in [0.2, 0.25) is 0 Å². The van der Waals surface area contributed by atoms with Crippen LogP contribution in [0, 0.1) is 9.81 Å². The number of hydrogen-bond donors (Lipinski definition) is 5. The molecular weight excluding hydrogens is 563 g/mol. The molecule has 3 unspecified atom stereocenters. The van der Waals surface area contributed by atoms with Crippen molar-refractivity contribution in [3.63, 3.8) is 0 Å². The molecule has 7 atom stereocenters. The minimum absolute atomic E-state index is 0.611. The molecule has 0 radical (unpaired) electrons. The van der Waals surface area contributed by atoms with Gasteiger partial charge in [0.1, 0.15) is 11.7 Å². The summed E-state index contributed by atoms with van der Waals surface area (Å²) in [5.74, 6) is 0. The normalized spacial score (nSPS) is 30.8. The van der Waals surface area contributed by atoms with Gasteiger partial charge in [-0.1, -0.05) is 10.3 Å². The summed E-state index contributed by atoms with van der Waals surface area (Å²) in [6.07, 6.45) is -3.15. The van der Waals surface area contributed by atoms with Crippen LogP contribution in [0.2, 0.25) is 0 Å².